The molecule has 0 unspecified atom stereocenters. The second-order valence-corrected chi connectivity index (χ2v) is 9.59. The molecule has 206 valence electrons. The van der Waals surface area contributed by atoms with Crippen LogP contribution in [0.25, 0.3) is 11.3 Å². The second-order valence-electron chi connectivity index (χ2n) is 9.59. The first-order valence-electron chi connectivity index (χ1n) is 12.5. The number of aromatic amines is 1. The number of carbonyl (C=O) groups is 3. The minimum atomic E-state index is -4.75. The van der Waals surface area contributed by atoms with E-state index >= 15 is 0 Å². The van der Waals surface area contributed by atoms with Gasteiger partial charge in [-0.3, -0.25) is 25.2 Å². The highest BCUT2D eigenvalue weighted by Crippen LogP contribution is 2.35. The number of piperidine rings is 1. The van der Waals surface area contributed by atoms with E-state index in [0.29, 0.717) is 37.3 Å². The second kappa shape index (κ2) is 11.6. The number of aromatic nitrogens is 2. The molecule has 0 bridgehead atoms. The van der Waals surface area contributed by atoms with Gasteiger partial charge in [0, 0.05) is 30.6 Å². The summed E-state index contributed by atoms with van der Waals surface area (Å²) in [4.78, 5) is 45.4. The molecule has 4 N–H and O–H groups in total. The molecule has 0 saturated carbocycles. The van der Waals surface area contributed by atoms with Gasteiger partial charge in [0.25, 0.3) is 5.91 Å². The zero-order valence-electron chi connectivity index (χ0n) is 21.4. The van der Waals surface area contributed by atoms with E-state index < -0.39 is 23.3 Å². The first-order chi connectivity index (χ1) is 18.5. The Morgan fingerprint density at radius 3 is 2.31 bits per heavy atom. The van der Waals surface area contributed by atoms with Crippen molar-refractivity contribution < 1.29 is 27.6 Å². The van der Waals surface area contributed by atoms with E-state index in [4.69, 9.17) is 0 Å². The normalized spacial score (nSPS) is 14.3. The smallest absolute Gasteiger partial charge is 0.357 e. The molecule has 1 aromatic carbocycles. The maximum Gasteiger partial charge on any atom is 0.432 e. The summed E-state index contributed by atoms with van der Waals surface area (Å²) in [7, 11) is 0. The lowest BCUT2D eigenvalue weighted by atomic mass is 9.96. The van der Waals surface area contributed by atoms with E-state index in [1.54, 1.807) is 56.3 Å². The predicted molar refractivity (Wildman–Crippen MR) is 139 cm³/mol. The van der Waals surface area contributed by atoms with Gasteiger partial charge in [0.2, 0.25) is 11.8 Å². The number of nitrogens with zero attached hydrogens (tertiary/aromatic N) is 2. The minimum absolute atomic E-state index is 0.181. The maximum absolute atomic E-state index is 13.7. The quantitative estimate of drug-likeness (QED) is 0.345. The Labute approximate surface area is 223 Å². The van der Waals surface area contributed by atoms with Gasteiger partial charge in [-0.25, -0.2) is 4.98 Å². The molecule has 1 aliphatic rings. The van der Waals surface area contributed by atoms with Crippen molar-refractivity contribution in [2.45, 2.75) is 32.9 Å². The predicted octanol–water partition coefficient (Wildman–Crippen LogP) is 4.37. The molecule has 0 spiro atoms. The third kappa shape index (κ3) is 6.75. The fourth-order valence-electron chi connectivity index (χ4n) is 4.22. The minimum Gasteiger partial charge on any atom is -0.357 e. The largest absolute Gasteiger partial charge is 0.432 e. The van der Waals surface area contributed by atoms with Gasteiger partial charge in [0.05, 0.1) is 17.4 Å². The SMILES string of the molecule is CC(C)C(=O)NNC(=O)C1CCN(c2ccc(NC(=O)c3cc(-c4ccccc4)[nH]c3C(F)(F)F)cn2)CC1. The van der Waals surface area contributed by atoms with E-state index in [9.17, 15) is 27.6 Å². The van der Waals surface area contributed by atoms with Crippen LogP contribution in [0.5, 0.6) is 0 Å². The molecule has 9 nitrogen and oxygen atoms in total. The van der Waals surface area contributed by atoms with Crippen LogP contribution in [0.4, 0.5) is 24.7 Å². The number of anilines is 2. The fraction of sp³-hybridized carbons (Fsp3) is 0.333. The Bertz CT molecular complexity index is 1310. The van der Waals surface area contributed by atoms with Crippen molar-refractivity contribution in [3.05, 3.63) is 66.0 Å². The summed E-state index contributed by atoms with van der Waals surface area (Å²) in [6, 6.07) is 12.9. The molecule has 1 fully saturated rings. The molecule has 12 heteroatoms. The summed E-state index contributed by atoms with van der Waals surface area (Å²) in [6.45, 7) is 4.56. The molecule has 0 atom stereocenters. The molecule has 3 amide bonds. The van der Waals surface area contributed by atoms with Crippen LogP contribution in [0.3, 0.4) is 0 Å². The first-order valence-corrected chi connectivity index (χ1v) is 12.5. The Morgan fingerprint density at radius 2 is 1.72 bits per heavy atom. The summed E-state index contributed by atoms with van der Waals surface area (Å²) in [5.74, 6) is -1.30. The summed E-state index contributed by atoms with van der Waals surface area (Å²) < 4.78 is 41.0. The molecule has 3 aromatic rings. The maximum atomic E-state index is 13.7. The number of nitrogens with one attached hydrogen (secondary N) is 4. The Balaban J connectivity index is 1.37. The van der Waals surface area contributed by atoms with Gasteiger partial charge in [-0.05, 0) is 36.6 Å². The van der Waals surface area contributed by atoms with Crippen molar-refractivity contribution in [2.24, 2.45) is 11.8 Å². The number of hydrogen-bond donors (Lipinski definition) is 4. The molecule has 1 saturated heterocycles. The number of pyridine rings is 1. The Kier molecular flexibility index (Phi) is 8.22. The van der Waals surface area contributed by atoms with Gasteiger partial charge in [-0.15, -0.1) is 0 Å². The van der Waals surface area contributed by atoms with Crippen molar-refractivity contribution in [3.8, 4) is 11.3 Å². The lowest BCUT2D eigenvalue weighted by molar-refractivity contribution is -0.141. The highest BCUT2D eigenvalue weighted by atomic mass is 19.4. The van der Waals surface area contributed by atoms with Crippen molar-refractivity contribution >= 4 is 29.2 Å². The number of hydrogen-bond acceptors (Lipinski definition) is 5. The van der Waals surface area contributed by atoms with E-state index in [0.717, 1.165) is 0 Å². The van der Waals surface area contributed by atoms with Crippen LogP contribution < -0.4 is 21.1 Å². The molecular formula is C27H29F3N6O3. The van der Waals surface area contributed by atoms with Crippen LogP contribution in [-0.2, 0) is 15.8 Å². The van der Waals surface area contributed by atoms with Crippen LogP contribution >= 0.6 is 0 Å². The average molecular weight is 543 g/mol. The van der Waals surface area contributed by atoms with Gasteiger partial charge in [-0.1, -0.05) is 44.2 Å². The first kappa shape index (κ1) is 27.7. The van der Waals surface area contributed by atoms with Gasteiger partial charge in [-0.2, -0.15) is 13.2 Å². The summed E-state index contributed by atoms with van der Waals surface area (Å²) in [5, 5.41) is 2.49. The number of benzene rings is 1. The lowest BCUT2D eigenvalue weighted by Crippen LogP contribution is -2.48. The molecular weight excluding hydrogens is 513 g/mol. The van der Waals surface area contributed by atoms with Crippen LogP contribution in [0.1, 0.15) is 42.7 Å². The number of rotatable bonds is 6. The van der Waals surface area contributed by atoms with Gasteiger partial charge < -0.3 is 15.2 Å². The number of H-pyrrole nitrogens is 1. The van der Waals surface area contributed by atoms with E-state index in [2.05, 4.69) is 26.1 Å². The van der Waals surface area contributed by atoms with Crippen LogP contribution in [0, 0.1) is 11.8 Å². The highest BCUT2D eigenvalue weighted by Gasteiger charge is 2.38. The molecule has 4 rings (SSSR count). The van der Waals surface area contributed by atoms with Crippen molar-refractivity contribution in [1.29, 1.82) is 0 Å². The summed E-state index contributed by atoms with van der Waals surface area (Å²) in [6.07, 6.45) is -2.25. The number of halogens is 3. The molecule has 39 heavy (non-hydrogen) atoms. The Morgan fingerprint density at radius 1 is 1.03 bits per heavy atom. The van der Waals surface area contributed by atoms with Crippen LogP contribution in [0.15, 0.2) is 54.7 Å². The van der Waals surface area contributed by atoms with Gasteiger partial charge >= 0.3 is 6.18 Å². The zero-order valence-corrected chi connectivity index (χ0v) is 21.4. The average Bonchev–Trinajstić information content (AvgIpc) is 3.39. The summed E-state index contributed by atoms with van der Waals surface area (Å²) >= 11 is 0. The zero-order chi connectivity index (χ0) is 28.2. The molecule has 0 radical (unpaired) electrons. The molecule has 2 aromatic heterocycles. The van der Waals surface area contributed by atoms with E-state index in [1.807, 2.05) is 4.90 Å². The third-order valence-corrected chi connectivity index (χ3v) is 6.46. The number of hydrazine groups is 1. The van der Waals surface area contributed by atoms with Crippen LogP contribution in [-0.4, -0.2) is 40.8 Å². The van der Waals surface area contributed by atoms with Gasteiger partial charge in [0.1, 0.15) is 11.5 Å². The van der Waals surface area contributed by atoms with Crippen molar-refractivity contribution in [1.82, 2.24) is 20.8 Å². The molecule has 3 heterocycles. The fourth-order valence-corrected chi connectivity index (χ4v) is 4.22. The monoisotopic (exact) mass is 542 g/mol. The Hall–Kier alpha value is -4.35. The van der Waals surface area contributed by atoms with E-state index in [-0.39, 0.29) is 35.0 Å². The number of alkyl halides is 3. The molecule has 0 aliphatic carbocycles. The molecule has 1 aliphatic heterocycles. The third-order valence-electron chi connectivity index (χ3n) is 6.46. The van der Waals surface area contributed by atoms with Gasteiger partial charge in [0.15, 0.2) is 0 Å². The van der Waals surface area contributed by atoms with E-state index in [1.165, 1.54) is 12.3 Å². The number of carbonyl (C=O) groups excluding carboxylic acids is 3. The topological polar surface area (TPSA) is 119 Å². The highest BCUT2D eigenvalue weighted by molar-refractivity contribution is 6.06. The summed E-state index contributed by atoms with van der Waals surface area (Å²) in [5.41, 5.74) is 4.18. The van der Waals surface area contributed by atoms with Crippen molar-refractivity contribution in [3.63, 3.8) is 0 Å². The standard InChI is InChI=1S/C27H29F3N6O3/c1-16(2)24(37)34-35-25(38)18-10-12-36(13-11-18)22-9-8-19(15-31-22)32-26(39)20-14-21(17-6-4-3-5-7-17)33-23(20)27(28,29)30/h3-9,14-16,18,33H,10-13H2,1-2H3,(H,32,39)(H,34,37)(H,35,38). The van der Waals surface area contributed by atoms with Crippen molar-refractivity contribution in [2.75, 3.05) is 23.3 Å². The van der Waals surface area contributed by atoms with Crippen LogP contribution in [0.2, 0.25) is 0 Å². The number of amides is 3. The lowest BCUT2D eigenvalue weighted by Gasteiger charge is -2.32.